The number of halogens is 1. The van der Waals surface area contributed by atoms with Gasteiger partial charge in [-0.1, -0.05) is 15.9 Å². The van der Waals surface area contributed by atoms with Crippen molar-refractivity contribution in [1.29, 1.82) is 0 Å². The smallest absolute Gasteiger partial charge is 0.290 e. The number of benzene rings is 1. The van der Waals surface area contributed by atoms with Crippen LogP contribution in [0.5, 0.6) is 0 Å². The van der Waals surface area contributed by atoms with Crippen molar-refractivity contribution in [3.8, 4) is 0 Å². The minimum atomic E-state index is -3.96. The fraction of sp³-hybridized carbons (Fsp3) is 0.333. The molecule has 3 N–H and O–H groups in total. The van der Waals surface area contributed by atoms with Crippen molar-refractivity contribution in [1.82, 2.24) is 4.72 Å². The first-order valence-corrected chi connectivity index (χ1v) is 7.22. The highest BCUT2D eigenvalue weighted by molar-refractivity contribution is 9.10. The highest BCUT2D eigenvalue weighted by atomic mass is 79.9. The molecule has 0 amide bonds. The Morgan fingerprint density at radius 2 is 2.17 bits per heavy atom. The van der Waals surface area contributed by atoms with Gasteiger partial charge in [-0.15, -0.1) is 0 Å². The molecule has 1 aromatic rings. The highest BCUT2D eigenvalue weighted by Gasteiger charge is 2.26. The molecule has 0 spiro atoms. The van der Waals surface area contributed by atoms with Crippen molar-refractivity contribution in [3.63, 3.8) is 0 Å². The summed E-state index contributed by atoms with van der Waals surface area (Å²) in [5, 5.41) is 10.8. The molecule has 0 aliphatic rings. The molecule has 1 atom stereocenters. The average molecular weight is 338 g/mol. The number of sulfonamides is 1. The molecule has 0 saturated carbocycles. The van der Waals surface area contributed by atoms with Crippen molar-refractivity contribution < 1.29 is 13.3 Å². The molecule has 0 heterocycles. The van der Waals surface area contributed by atoms with Crippen LogP contribution in [0.1, 0.15) is 6.92 Å². The van der Waals surface area contributed by atoms with Gasteiger partial charge >= 0.3 is 0 Å². The number of rotatable bonds is 5. The van der Waals surface area contributed by atoms with E-state index in [1.54, 1.807) is 6.92 Å². The lowest BCUT2D eigenvalue weighted by Gasteiger charge is -2.12. The zero-order valence-corrected chi connectivity index (χ0v) is 11.9. The first kappa shape index (κ1) is 15.0. The summed E-state index contributed by atoms with van der Waals surface area (Å²) < 4.78 is 26.6. The molecule has 0 aliphatic carbocycles. The van der Waals surface area contributed by atoms with E-state index in [9.17, 15) is 18.5 Å². The monoisotopic (exact) mass is 337 g/mol. The van der Waals surface area contributed by atoms with Gasteiger partial charge in [-0.2, -0.15) is 0 Å². The Balaban J connectivity index is 3.28. The van der Waals surface area contributed by atoms with Crippen LogP contribution >= 0.6 is 15.9 Å². The summed E-state index contributed by atoms with van der Waals surface area (Å²) in [5.74, 6) is 0. The van der Waals surface area contributed by atoms with E-state index in [1.807, 2.05) is 0 Å². The quantitative estimate of drug-likeness (QED) is 0.613. The maximum atomic E-state index is 12.0. The third-order valence-electron chi connectivity index (χ3n) is 2.12. The molecule has 9 heteroatoms. The molecule has 1 aromatic carbocycles. The second-order valence-electron chi connectivity index (χ2n) is 3.63. The second kappa shape index (κ2) is 5.74. The molecule has 7 nitrogen and oxygen atoms in total. The summed E-state index contributed by atoms with van der Waals surface area (Å²) in [6.07, 6.45) is 0. The standard InChI is InChI=1S/C9H12BrN3O4S/c1-6(5-11)12-18(16,17)9-3-2-7(10)4-8(9)13(14)15/h2-4,6,12H,5,11H2,1H3/t6-/m0/s1. The van der Waals surface area contributed by atoms with Crippen LogP contribution in [0.3, 0.4) is 0 Å². The van der Waals surface area contributed by atoms with Crippen LogP contribution in [0.4, 0.5) is 5.69 Å². The van der Waals surface area contributed by atoms with Crippen LogP contribution in [-0.2, 0) is 10.0 Å². The number of nitro benzene ring substituents is 1. The summed E-state index contributed by atoms with van der Waals surface area (Å²) in [4.78, 5) is 9.72. The van der Waals surface area contributed by atoms with E-state index in [0.717, 1.165) is 6.07 Å². The van der Waals surface area contributed by atoms with E-state index in [4.69, 9.17) is 5.73 Å². The minimum absolute atomic E-state index is 0.101. The third-order valence-corrected chi connectivity index (χ3v) is 4.25. The fourth-order valence-electron chi connectivity index (χ4n) is 1.24. The number of hydrogen-bond acceptors (Lipinski definition) is 5. The Morgan fingerprint density at radius 3 is 2.67 bits per heavy atom. The van der Waals surface area contributed by atoms with E-state index in [-0.39, 0.29) is 11.4 Å². The highest BCUT2D eigenvalue weighted by Crippen LogP contribution is 2.27. The van der Waals surface area contributed by atoms with Crippen LogP contribution in [0.15, 0.2) is 27.6 Å². The van der Waals surface area contributed by atoms with E-state index >= 15 is 0 Å². The van der Waals surface area contributed by atoms with Gasteiger partial charge in [0.05, 0.1) is 4.92 Å². The van der Waals surface area contributed by atoms with E-state index in [1.165, 1.54) is 12.1 Å². The molecule has 0 radical (unpaired) electrons. The van der Waals surface area contributed by atoms with Crippen LogP contribution in [0, 0.1) is 10.1 Å². The second-order valence-corrected chi connectivity index (χ2v) is 6.23. The molecule has 0 aliphatic heterocycles. The minimum Gasteiger partial charge on any atom is -0.329 e. The maximum absolute atomic E-state index is 12.0. The Kier molecular flexibility index (Phi) is 4.79. The maximum Gasteiger partial charge on any atom is 0.290 e. The summed E-state index contributed by atoms with van der Waals surface area (Å²) in [5.41, 5.74) is 4.83. The Bertz CT molecular complexity index is 561. The average Bonchev–Trinajstić information content (AvgIpc) is 2.27. The molecule has 0 bridgehead atoms. The van der Waals surface area contributed by atoms with Gasteiger partial charge in [0.15, 0.2) is 4.90 Å². The normalized spacial score (nSPS) is 13.3. The number of nitrogens with one attached hydrogen (secondary N) is 1. The number of nitro groups is 1. The van der Waals surface area contributed by atoms with Crippen molar-refractivity contribution in [2.24, 2.45) is 5.73 Å². The van der Waals surface area contributed by atoms with Gasteiger partial charge in [0.2, 0.25) is 10.0 Å². The molecule has 100 valence electrons. The van der Waals surface area contributed by atoms with Crippen LogP contribution in [-0.4, -0.2) is 25.9 Å². The van der Waals surface area contributed by atoms with Crippen molar-refractivity contribution in [2.45, 2.75) is 17.9 Å². The molecule has 0 saturated heterocycles. The summed E-state index contributed by atoms with van der Waals surface area (Å²) in [7, 11) is -3.96. The SMILES string of the molecule is C[C@@H](CN)NS(=O)(=O)c1ccc(Br)cc1[N+](=O)[O-]. The van der Waals surface area contributed by atoms with Crippen molar-refractivity contribution in [2.75, 3.05) is 6.54 Å². The summed E-state index contributed by atoms with van der Waals surface area (Å²) >= 11 is 3.06. The lowest BCUT2D eigenvalue weighted by Crippen LogP contribution is -2.37. The lowest BCUT2D eigenvalue weighted by molar-refractivity contribution is -0.387. The molecule has 0 unspecified atom stereocenters. The zero-order valence-electron chi connectivity index (χ0n) is 9.46. The third kappa shape index (κ3) is 3.48. The van der Waals surface area contributed by atoms with Crippen LogP contribution < -0.4 is 10.5 Å². The largest absolute Gasteiger partial charge is 0.329 e. The van der Waals surface area contributed by atoms with Gasteiger partial charge in [-0.05, 0) is 19.1 Å². The topological polar surface area (TPSA) is 115 Å². The number of nitrogens with zero attached hydrogens (tertiary/aromatic N) is 1. The number of hydrogen-bond donors (Lipinski definition) is 2. The first-order chi connectivity index (χ1) is 8.27. The van der Waals surface area contributed by atoms with Gasteiger partial charge in [0.25, 0.3) is 5.69 Å². The van der Waals surface area contributed by atoms with Gasteiger partial charge in [0, 0.05) is 23.1 Å². The van der Waals surface area contributed by atoms with Gasteiger partial charge in [-0.25, -0.2) is 13.1 Å². The van der Waals surface area contributed by atoms with Gasteiger partial charge in [0.1, 0.15) is 0 Å². The molecular formula is C9H12BrN3O4S. The van der Waals surface area contributed by atoms with Crippen molar-refractivity contribution in [3.05, 3.63) is 32.8 Å². The predicted molar refractivity (Wildman–Crippen MR) is 69.6 cm³/mol. The summed E-state index contributed by atoms with van der Waals surface area (Å²) in [6, 6.07) is 3.24. The lowest BCUT2D eigenvalue weighted by atomic mass is 10.3. The fourth-order valence-corrected chi connectivity index (χ4v) is 2.99. The van der Waals surface area contributed by atoms with Gasteiger partial charge in [-0.3, -0.25) is 10.1 Å². The Hall–Kier alpha value is -1.03. The van der Waals surface area contributed by atoms with Crippen LogP contribution in [0.2, 0.25) is 0 Å². The molecule has 0 fully saturated rings. The van der Waals surface area contributed by atoms with E-state index in [2.05, 4.69) is 20.7 Å². The first-order valence-electron chi connectivity index (χ1n) is 4.94. The van der Waals surface area contributed by atoms with Crippen LogP contribution in [0.25, 0.3) is 0 Å². The molecule has 18 heavy (non-hydrogen) atoms. The molecular weight excluding hydrogens is 326 g/mol. The van der Waals surface area contributed by atoms with Crippen molar-refractivity contribution >= 4 is 31.6 Å². The van der Waals surface area contributed by atoms with Gasteiger partial charge < -0.3 is 5.73 Å². The Morgan fingerprint density at radius 1 is 1.56 bits per heavy atom. The molecule has 0 aromatic heterocycles. The van der Waals surface area contributed by atoms with E-state index < -0.39 is 26.7 Å². The molecule has 1 rings (SSSR count). The zero-order chi connectivity index (χ0) is 13.9. The van der Waals surface area contributed by atoms with E-state index in [0.29, 0.717) is 4.47 Å². The Labute approximate surface area is 113 Å². The predicted octanol–water partition coefficient (Wildman–Crippen LogP) is 0.983. The number of nitrogens with two attached hydrogens (primary N) is 1. The summed E-state index contributed by atoms with van der Waals surface area (Å²) in [6.45, 7) is 1.67.